The van der Waals surface area contributed by atoms with Crippen LogP contribution in [0.25, 0.3) is 0 Å². The van der Waals surface area contributed by atoms with Crippen molar-refractivity contribution in [1.82, 2.24) is 15.1 Å². The minimum atomic E-state index is 0.187. The predicted octanol–water partition coefficient (Wildman–Crippen LogP) is 3.28. The molecule has 1 saturated heterocycles. The zero-order valence-electron chi connectivity index (χ0n) is 13.1. The number of likely N-dealkylation sites (N-methyl/N-ethyl adjacent to an activating group) is 3. The maximum atomic E-state index is 6.46. The summed E-state index contributed by atoms with van der Waals surface area (Å²) in [6, 6.07) is 6.48. The van der Waals surface area contributed by atoms with Gasteiger partial charge in [-0.05, 0) is 51.8 Å². The van der Waals surface area contributed by atoms with E-state index in [2.05, 4.69) is 42.2 Å². The second-order valence-electron chi connectivity index (χ2n) is 5.84. The number of nitrogens with zero attached hydrogens (tertiary/aromatic N) is 2. The van der Waals surface area contributed by atoms with Crippen LogP contribution in [0.4, 0.5) is 0 Å². The molecule has 2 atom stereocenters. The van der Waals surface area contributed by atoms with Gasteiger partial charge < -0.3 is 15.1 Å². The molecular weight excluding hydrogens is 305 g/mol. The maximum absolute atomic E-state index is 6.46. The van der Waals surface area contributed by atoms with Crippen LogP contribution in [0.1, 0.15) is 24.9 Å². The summed E-state index contributed by atoms with van der Waals surface area (Å²) in [5.74, 6) is 0. The summed E-state index contributed by atoms with van der Waals surface area (Å²) < 4.78 is 0. The maximum Gasteiger partial charge on any atom is 0.0640 e. The molecule has 1 heterocycles. The third-order valence-electron chi connectivity index (χ3n) is 4.24. The summed E-state index contributed by atoms with van der Waals surface area (Å²) in [4.78, 5) is 4.84. The van der Waals surface area contributed by atoms with E-state index in [1.807, 2.05) is 12.1 Å². The molecule has 0 saturated carbocycles. The van der Waals surface area contributed by atoms with Crippen molar-refractivity contribution in [3.63, 3.8) is 0 Å². The molecule has 21 heavy (non-hydrogen) atoms. The third-order valence-corrected chi connectivity index (χ3v) is 5.07. The molecule has 2 rings (SSSR count). The van der Waals surface area contributed by atoms with Crippen molar-refractivity contribution in [1.29, 1.82) is 0 Å². The van der Waals surface area contributed by atoms with Gasteiger partial charge in [-0.1, -0.05) is 42.3 Å². The van der Waals surface area contributed by atoms with Gasteiger partial charge in [0.2, 0.25) is 0 Å². The van der Waals surface area contributed by atoms with E-state index in [9.17, 15) is 0 Å². The summed E-state index contributed by atoms with van der Waals surface area (Å²) in [6.07, 6.45) is 1.20. The Balaban J connectivity index is 2.34. The quantitative estimate of drug-likeness (QED) is 0.914. The van der Waals surface area contributed by atoms with E-state index in [-0.39, 0.29) is 6.04 Å². The number of hydrogen-bond acceptors (Lipinski definition) is 3. The SMILES string of the molecule is CCNC(c1cccc(Cl)c1Cl)C1CN(C)CCCN1C. The Morgan fingerprint density at radius 2 is 2.05 bits per heavy atom. The Hall–Kier alpha value is -0.320. The van der Waals surface area contributed by atoms with Crippen LogP contribution in [0, 0.1) is 0 Å². The highest BCUT2D eigenvalue weighted by molar-refractivity contribution is 6.42. The number of benzene rings is 1. The summed E-state index contributed by atoms with van der Waals surface area (Å²) in [7, 11) is 4.39. The van der Waals surface area contributed by atoms with Gasteiger partial charge in [0.25, 0.3) is 0 Å². The second-order valence-corrected chi connectivity index (χ2v) is 6.63. The number of rotatable bonds is 4. The van der Waals surface area contributed by atoms with E-state index >= 15 is 0 Å². The first-order valence-electron chi connectivity index (χ1n) is 7.60. The van der Waals surface area contributed by atoms with Gasteiger partial charge in [-0.2, -0.15) is 0 Å². The minimum Gasteiger partial charge on any atom is -0.309 e. The molecule has 1 N–H and O–H groups in total. The molecule has 0 aliphatic carbocycles. The van der Waals surface area contributed by atoms with Crippen molar-refractivity contribution < 1.29 is 0 Å². The lowest BCUT2D eigenvalue weighted by Gasteiger charge is -2.35. The molecule has 0 radical (unpaired) electrons. The van der Waals surface area contributed by atoms with Crippen LogP contribution in [-0.4, -0.2) is 56.1 Å². The first-order valence-corrected chi connectivity index (χ1v) is 8.36. The Labute approximate surface area is 138 Å². The van der Waals surface area contributed by atoms with Gasteiger partial charge in [0.1, 0.15) is 0 Å². The number of nitrogens with one attached hydrogen (secondary N) is 1. The minimum absolute atomic E-state index is 0.187. The van der Waals surface area contributed by atoms with Crippen molar-refractivity contribution in [2.45, 2.75) is 25.4 Å². The van der Waals surface area contributed by atoms with E-state index in [4.69, 9.17) is 23.2 Å². The van der Waals surface area contributed by atoms with Crippen LogP contribution in [0.2, 0.25) is 10.0 Å². The van der Waals surface area contributed by atoms with E-state index in [1.165, 1.54) is 6.42 Å². The van der Waals surface area contributed by atoms with Crippen LogP contribution >= 0.6 is 23.2 Å². The predicted molar refractivity (Wildman–Crippen MR) is 91.4 cm³/mol. The average molecular weight is 330 g/mol. The summed E-state index contributed by atoms with van der Waals surface area (Å²) in [5.41, 5.74) is 1.10. The molecule has 0 amide bonds. The lowest BCUT2D eigenvalue weighted by atomic mass is 9.97. The van der Waals surface area contributed by atoms with Crippen molar-refractivity contribution in [3.8, 4) is 0 Å². The summed E-state index contributed by atoms with van der Waals surface area (Å²) in [5, 5.41) is 4.90. The molecular formula is C16H25Cl2N3. The number of halogens is 2. The fourth-order valence-electron chi connectivity index (χ4n) is 3.10. The molecule has 3 nitrogen and oxygen atoms in total. The molecule has 1 aliphatic rings. The van der Waals surface area contributed by atoms with Crippen LogP contribution in [0.3, 0.4) is 0 Å². The van der Waals surface area contributed by atoms with Crippen LogP contribution in [-0.2, 0) is 0 Å². The van der Waals surface area contributed by atoms with E-state index < -0.39 is 0 Å². The normalized spacial score (nSPS) is 23.0. The van der Waals surface area contributed by atoms with Crippen molar-refractivity contribution in [2.75, 3.05) is 40.3 Å². The van der Waals surface area contributed by atoms with E-state index in [0.29, 0.717) is 16.1 Å². The highest BCUT2D eigenvalue weighted by Gasteiger charge is 2.30. The zero-order chi connectivity index (χ0) is 15.4. The van der Waals surface area contributed by atoms with E-state index in [0.717, 1.165) is 31.7 Å². The molecule has 2 unspecified atom stereocenters. The van der Waals surface area contributed by atoms with Gasteiger partial charge in [0.15, 0.2) is 0 Å². The zero-order valence-corrected chi connectivity index (χ0v) is 14.6. The lowest BCUT2D eigenvalue weighted by molar-refractivity contribution is 0.179. The van der Waals surface area contributed by atoms with Crippen LogP contribution in [0.15, 0.2) is 18.2 Å². The molecule has 5 heteroatoms. The largest absolute Gasteiger partial charge is 0.309 e. The highest BCUT2D eigenvalue weighted by atomic mass is 35.5. The first-order chi connectivity index (χ1) is 10.0. The summed E-state index contributed by atoms with van der Waals surface area (Å²) >= 11 is 12.7. The molecule has 0 bridgehead atoms. The van der Waals surface area contributed by atoms with Crippen molar-refractivity contribution in [3.05, 3.63) is 33.8 Å². The van der Waals surface area contributed by atoms with Crippen molar-refractivity contribution >= 4 is 23.2 Å². The van der Waals surface area contributed by atoms with Crippen LogP contribution < -0.4 is 5.32 Å². The third kappa shape index (κ3) is 4.11. The van der Waals surface area contributed by atoms with E-state index in [1.54, 1.807) is 0 Å². The molecule has 1 fully saturated rings. The Morgan fingerprint density at radius 3 is 2.76 bits per heavy atom. The van der Waals surface area contributed by atoms with Crippen molar-refractivity contribution in [2.24, 2.45) is 0 Å². The molecule has 1 aromatic carbocycles. The molecule has 1 aromatic rings. The standard InChI is InChI=1S/C16H25Cl2N3/c1-4-19-16(12-7-5-8-13(17)15(12)18)14-11-20(2)9-6-10-21(14)3/h5,7-8,14,16,19H,4,6,9-11H2,1-3H3. The molecule has 118 valence electrons. The Bertz CT molecular complexity index is 467. The number of hydrogen-bond donors (Lipinski definition) is 1. The first kappa shape index (κ1) is 17.0. The summed E-state index contributed by atoms with van der Waals surface area (Å²) in [6.45, 7) is 6.31. The lowest BCUT2D eigenvalue weighted by Crippen LogP contribution is -2.47. The topological polar surface area (TPSA) is 18.5 Å². The molecule has 1 aliphatic heterocycles. The Morgan fingerprint density at radius 1 is 1.29 bits per heavy atom. The fraction of sp³-hybridized carbons (Fsp3) is 0.625. The molecule has 0 spiro atoms. The van der Waals surface area contributed by atoms with Gasteiger partial charge >= 0.3 is 0 Å². The average Bonchev–Trinajstić information content (AvgIpc) is 2.61. The Kier molecular flexibility index (Phi) is 6.33. The van der Waals surface area contributed by atoms with Crippen LogP contribution in [0.5, 0.6) is 0 Å². The fourth-order valence-corrected chi connectivity index (χ4v) is 3.52. The second kappa shape index (κ2) is 7.80. The molecule has 0 aromatic heterocycles. The van der Waals surface area contributed by atoms with Gasteiger partial charge in [-0.25, -0.2) is 0 Å². The van der Waals surface area contributed by atoms with Gasteiger partial charge in [-0.3, -0.25) is 0 Å². The highest BCUT2D eigenvalue weighted by Crippen LogP contribution is 2.33. The van der Waals surface area contributed by atoms with Gasteiger partial charge in [-0.15, -0.1) is 0 Å². The smallest absolute Gasteiger partial charge is 0.0640 e. The van der Waals surface area contributed by atoms with Gasteiger partial charge in [0.05, 0.1) is 16.1 Å². The van der Waals surface area contributed by atoms with Gasteiger partial charge in [0, 0.05) is 12.6 Å². The monoisotopic (exact) mass is 329 g/mol.